The highest BCUT2D eigenvalue weighted by atomic mass is 16.5. The molecule has 0 aromatic heterocycles. The average molecular weight is 199 g/mol. The summed E-state index contributed by atoms with van der Waals surface area (Å²) in [6.45, 7) is 13.3. The van der Waals surface area contributed by atoms with Crippen molar-refractivity contribution in [1.82, 2.24) is 4.90 Å². The number of hydrogen-bond acceptors (Lipinski definition) is 2. The van der Waals surface area contributed by atoms with Crippen molar-refractivity contribution in [3.05, 3.63) is 0 Å². The van der Waals surface area contributed by atoms with Crippen LogP contribution < -0.4 is 0 Å². The molecule has 1 rings (SSSR count). The second kappa shape index (κ2) is 5.13. The average Bonchev–Trinajstić information content (AvgIpc) is 2.43. The van der Waals surface area contributed by atoms with E-state index in [1.54, 1.807) is 0 Å². The molecule has 0 bridgehead atoms. The maximum absolute atomic E-state index is 5.71. The molecule has 2 atom stereocenters. The molecule has 0 aromatic rings. The molecule has 2 nitrogen and oxygen atoms in total. The SMILES string of the molecule is CC1CC(COC(C)C)N(C(C)C)C1. The maximum atomic E-state index is 5.71. The molecular weight excluding hydrogens is 174 g/mol. The Kier molecular flexibility index (Phi) is 4.39. The van der Waals surface area contributed by atoms with Gasteiger partial charge < -0.3 is 4.74 Å². The number of nitrogens with zero attached hydrogens (tertiary/aromatic N) is 1. The van der Waals surface area contributed by atoms with Gasteiger partial charge in [-0.1, -0.05) is 6.92 Å². The van der Waals surface area contributed by atoms with E-state index in [9.17, 15) is 0 Å². The maximum Gasteiger partial charge on any atom is 0.0625 e. The van der Waals surface area contributed by atoms with Gasteiger partial charge in [-0.3, -0.25) is 4.90 Å². The molecule has 0 saturated carbocycles. The van der Waals surface area contributed by atoms with Gasteiger partial charge in [-0.2, -0.15) is 0 Å². The van der Waals surface area contributed by atoms with Gasteiger partial charge in [0.2, 0.25) is 0 Å². The number of ether oxygens (including phenoxy) is 1. The van der Waals surface area contributed by atoms with Crippen molar-refractivity contribution in [3.63, 3.8) is 0 Å². The first-order valence-corrected chi connectivity index (χ1v) is 5.88. The van der Waals surface area contributed by atoms with Crippen molar-refractivity contribution in [2.24, 2.45) is 5.92 Å². The van der Waals surface area contributed by atoms with Crippen molar-refractivity contribution in [2.75, 3.05) is 13.2 Å². The fourth-order valence-electron chi connectivity index (χ4n) is 2.28. The van der Waals surface area contributed by atoms with Crippen LogP contribution in [0.4, 0.5) is 0 Å². The normalized spacial score (nSPS) is 29.4. The molecule has 2 unspecified atom stereocenters. The second-order valence-corrected chi connectivity index (χ2v) is 5.17. The van der Waals surface area contributed by atoms with Gasteiger partial charge in [-0.05, 0) is 40.0 Å². The summed E-state index contributed by atoms with van der Waals surface area (Å²) >= 11 is 0. The van der Waals surface area contributed by atoms with Gasteiger partial charge in [0.15, 0.2) is 0 Å². The Bertz CT molecular complexity index is 168. The first-order valence-electron chi connectivity index (χ1n) is 5.88. The van der Waals surface area contributed by atoms with E-state index in [-0.39, 0.29) is 0 Å². The molecule has 2 heteroatoms. The van der Waals surface area contributed by atoms with Gasteiger partial charge in [0, 0.05) is 18.6 Å². The number of hydrogen-bond donors (Lipinski definition) is 0. The molecule has 0 N–H and O–H groups in total. The summed E-state index contributed by atoms with van der Waals surface area (Å²) in [5.74, 6) is 0.832. The first kappa shape index (κ1) is 12.0. The van der Waals surface area contributed by atoms with Crippen molar-refractivity contribution in [1.29, 1.82) is 0 Å². The minimum absolute atomic E-state index is 0.361. The predicted molar refractivity (Wildman–Crippen MR) is 60.5 cm³/mol. The summed E-state index contributed by atoms with van der Waals surface area (Å²) in [4.78, 5) is 2.58. The van der Waals surface area contributed by atoms with Crippen molar-refractivity contribution in [3.8, 4) is 0 Å². The third-order valence-corrected chi connectivity index (χ3v) is 2.95. The van der Waals surface area contributed by atoms with E-state index in [0.29, 0.717) is 18.2 Å². The van der Waals surface area contributed by atoms with Gasteiger partial charge in [-0.15, -0.1) is 0 Å². The smallest absolute Gasteiger partial charge is 0.0625 e. The molecular formula is C12H25NO. The number of rotatable bonds is 4. The van der Waals surface area contributed by atoms with Crippen molar-refractivity contribution >= 4 is 0 Å². The first-order chi connectivity index (χ1) is 6.50. The zero-order valence-electron chi connectivity index (χ0n) is 10.3. The summed E-state index contributed by atoms with van der Waals surface area (Å²) in [5.41, 5.74) is 0. The fourth-order valence-corrected chi connectivity index (χ4v) is 2.28. The van der Waals surface area contributed by atoms with Crippen LogP contribution in [0.15, 0.2) is 0 Å². The molecule has 1 fully saturated rings. The molecule has 1 aliphatic rings. The molecule has 0 aromatic carbocycles. The fraction of sp³-hybridized carbons (Fsp3) is 1.00. The van der Waals surface area contributed by atoms with E-state index in [4.69, 9.17) is 4.74 Å². The van der Waals surface area contributed by atoms with E-state index in [1.165, 1.54) is 13.0 Å². The van der Waals surface area contributed by atoms with Crippen LogP contribution in [0, 0.1) is 5.92 Å². The van der Waals surface area contributed by atoms with Crippen LogP contribution in [-0.4, -0.2) is 36.2 Å². The highest BCUT2D eigenvalue weighted by Crippen LogP contribution is 2.25. The number of likely N-dealkylation sites (tertiary alicyclic amines) is 1. The van der Waals surface area contributed by atoms with Gasteiger partial charge >= 0.3 is 0 Å². The van der Waals surface area contributed by atoms with E-state index in [0.717, 1.165) is 12.5 Å². The van der Waals surface area contributed by atoms with E-state index < -0.39 is 0 Å². The summed E-state index contributed by atoms with van der Waals surface area (Å²) in [5, 5.41) is 0. The van der Waals surface area contributed by atoms with Crippen LogP contribution in [0.1, 0.15) is 41.0 Å². The largest absolute Gasteiger partial charge is 0.377 e. The Morgan fingerprint density at radius 2 is 1.93 bits per heavy atom. The topological polar surface area (TPSA) is 12.5 Å². The Morgan fingerprint density at radius 3 is 2.43 bits per heavy atom. The zero-order chi connectivity index (χ0) is 10.7. The van der Waals surface area contributed by atoms with E-state index in [1.807, 2.05) is 0 Å². The van der Waals surface area contributed by atoms with Gasteiger partial charge in [0.1, 0.15) is 0 Å². The lowest BCUT2D eigenvalue weighted by atomic mass is 10.1. The van der Waals surface area contributed by atoms with Crippen LogP contribution in [0.3, 0.4) is 0 Å². The Labute approximate surface area is 88.6 Å². The minimum Gasteiger partial charge on any atom is -0.377 e. The molecule has 14 heavy (non-hydrogen) atoms. The summed E-state index contributed by atoms with van der Waals surface area (Å²) in [6, 6.07) is 1.30. The predicted octanol–water partition coefficient (Wildman–Crippen LogP) is 2.53. The van der Waals surface area contributed by atoms with E-state index in [2.05, 4.69) is 39.5 Å². The second-order valence-electron chi connectivity index (χ2n) is 5.17. The van der Waals surface area contributed by atoms with Crippen LogP contribution in [0.2, 0.25) is 0 Å². The zero-order valence-corrected chi connectivity index (χ0v) is 10.3. The summed E-state index contributed by atoms with van der Waals surface area (Å²) < 4.78 is 5.71. The van der Waals surface area contributed by atoms with Crippen LogP contribution in [0.5, 0.6) is 0 Å². The Balaban J connectivity index is 2.41. The molecule has 0 amide bonds. The summed E-state index contributed by atoms with van der Waals surface area (Å²) in [6.07, 6.45) is 1.66. The molecule has 1 heterocycles. The minimum atomic E-state index is 0.361. The van der Waals surface area contributed by atoms with Gasteiger partial charge in [-0.25, -0.2) is 0 Å². The lowest BCUT2D eigenvalue weighted by Crippen LogP contribution is -2.38. The standard InChI is InChI=1S/C12H25NO/c1-9(2)13-7-11(5)6-12(13)8-14-10(3)4/h9-12H,6-8H2,1-5H3. The lowest BCUT2D eigenvalue weighted by Gasteiger charge is -2.28. The van der Waals surface area contributed by atoms with Gasteiger partial charge in [0.05, 0.1) is 12.7 Å². The molecule has 0 aliphatic carbocycles. The summed E-state index contributed by atoms with van der Waals surface area (Å²) in [7, 11) is 0. The third-order valence-electron chi connectivity index (χ3n) is 2.95. The van der Waals surface area contributed by atoms with Crippen molar-refractivity contribution in [2.45, 2.75) is 59.2 Å². The quantitative estimate of drug-likeness (QED) is 0.690. The molecule has 1 saturated heterocycles. The monoisotopic (exact) mass is 199 g/mol. The highest BCUT2D eigenvalue weighted by molar-refractivity contribution is 4.85. The molecule has 0 radical (unpaired) electrons. The van der Waals surface area contributed by atoms with Crippen LogP contribution >= 0.6 is 0 Å². The lowest BCUT2D eigenvalue weighted by molar-refractivity contribution is 0.0299. The van der Waals surface area contributed by atoms with E-state index >= 15 is 0 Å². The third kappa shape index (κ3) is 3.25. The Morgan fingerprint density at radius 1 is 1.29 bits per heavy atom. The van der Waals surface area contributed by atoms with Crippen molar-refractivity contribution < 1.29 is 4.74 Å². The highest BCUT2D eigenvalue weighted by Gasteiger charge is 2.31. The van der Waals surface area contributed by atoms with Gasteiger partial charge in [0.25, 0.3) is 0 Å². The molecule has 84 valence electrons. The van der Waals surface area contributed by atoms with Crippen LogP contribution in [-0.2, 0) is 4.74 Å². The van der Waals surface area contributed by atoms with Crippen LogP contribution in [0.25, 0.3) is 0 Å². The Hall–Kier alpha value is -0.0800. The molecule has 0 spiro atoms. The molecule has 1 aliphatic heterocycles.